The molecule has 0 aliphatic heterocycles. The SMILES string of the molecule is O=C(CCC(=O)NNC(=O)c1ccccc1C(=O)O)NCc1ccccc1. The van der Waals surface area contributed by atoms with Gasteiger partial charge in [-0.3, -0.25) is 25.2 Å². The lowest BCUT2D eigenvalue weighted by Crippen LogP contribution is -2.42. The van der Waals surface area contributed by atoms with Gasteiger partial charge in [0.15, 0.2) is 0 Å². The molecule has 2 aromatic carbocycles. The van der Waals surface area contributed by atoms with Crippen LogP contribution < -0.4 is 16.2 Å². The molecule has 140 valence electrons. The van der Waals surface area contributed by atoms with Gasteiger partial charge in [-0.1, -0.05) is 42.5 Å². The fraction of sp³-hybridized carbons (Fsp3) is 0.158. The lowest BCUT2D eigenvalue weighted by Gasteiger charge is -2.09. The zero-order valence-electron chi connectivity index (χ0n) is 14.4. The summed E-state index contributed by atoms with van der Waals surface area (Å²) < 4.78 is 0. The van der Waals surface area contributed by atoms with Gasteiger partial charge in [0.2, 0.25) is 11.8 Å². The van der Waals surface area contributed by atoms with Crippen LogP contribution in [-0.2, 0) is 16.1 Å². The predicted molar refractivity (Wildman–Crippen MR) is 96.5 cm³/mol. The van der Waals surface area contributed by atoms with Crippen LogP contribution in [0.2, 0.25) is 0 Å². The average molecular weight is 369 g/mol. The number of hydrogen-bond acceptors (Lipinski definition) is 4. The maximum absolute atomic E-state index is 12.0. The van der Waals surface area contributed by atoms with Gasteiger partial charge in [0.1, 0.15) is 0 Å². The standard InChI is InChI=1S/C19H19N3O5/c23-16(20-12-13-6-2-1-3-7-13)10-11-17(24)21-22-18(25)14-8-4-5-9-15(14)19(26)27/h1-9H,10-12H2,(H,20,23)(H,21,24)(H,22,25)(H,26,27). The van der Waals surface area contributed by atoms with Gasteiger partial charge in [0.05, 0.1) is 11.1 Å². The topological polar surface area (TPSA) is 125 Å². The Morgan fingerprint density at radius 2 is 1.33 bits per heavy atom. The van der Waals surface area contributed by atoms with Crippen LogP contribution in [0.25, 0.3) is 0 Å². The number of carboxylic acids is 1. The summed E-state index contributed by atoms with van der Waals surface area (Å²) in [5.41, 5.74) is 5.00. The van der Waals surface area contributed by atoms with E-state index in [0.717, 1.165) is 5.56 Å². The third kappa shape index (κ3) is 6.28. The highest BCUT2D eigenvalue weighted by Crippen LogP contribution is 2.08. The number of amides is 3. The van der Waals surface area contributed by atoms with Gasteiger partial charge in [-0.05, 0) is 17.7 Å². The van der Waals surface area contributed by atoms with Crippen LogP contribution in [0.4, 0.5) is 0 Å². The molecular formula is C19H19N3O5. The summed E-state index contributed by atoms with van der Waals surface area (Å²) >= 11 is 0. The Balaban J connectivity index is 1.74. The quantitative estimate of drug-likeness (QED) is 0.547. The van der Waals surface area contributed by atoms with E-state index in [1.54, 1.807) is 0 Å². The third-order valence-corrected chi connectivity index (χ3v) is 3.63. The van der Waals surface area contributed by atoms with Gasteiger partial charge in [-0.25, -0.2) is 4.79 Å². The van der Waals surface area contributed by atoms with E-state index in [1.807, 2.05) is 30.3 Å². The summed E-state index contributed by atoms with van der Waals surface area (Å²) in [6.45, 7) is 0.365. The van der Waals surface area contributed by atoms with Crippen LogP contribution in [0.5, 0.6) is 0 Å². The fourth-order valence-electron chi connectivity index (χ4n) is 2.24. The molecule has 4 N–H and O–H groups in total. The monoisotopic (exact) mass is 369 g/mol. The minimum absolute atomic E-state index is 0.0414. The summed E-state index contributed by atoms with van der Waals surface area (Å²) in [5, 5.41) is 11.8. The van der Waals surface area contributed by atoms with Gasteiger partial charge in [0.25, 0.3) is 5.91 Å². The first-order valence-electron chi connectivity index (χ1n) is 8.19. The third-order valence-electron chi connectivity index (χ3n) is 3.63. The van der Waals surface area contributed by atoms with Crippen molar-refractivity contribution in [3.63, 3.8) is 0 Å². The molecule has 8 nitrogen and oxygen atoms in total. The van der Waals surface area contributed by atoms with E-state index < -0.39 is 17.8 Å². The van der Waals surface area contributed by atoms with Crippen LogP contribution in [0.3, 0.4) is 0 Å². The average Bonchev–Trinajstić information content (AvgIpc) is 2.69. The smallest absolute Gasteiger partial charge is 0.336 e. The number of aromatic carboxylic acids is 1. The van der Waals surface area contributed by atoms with Gasteiger partial charge >= 0.3 is 5.97 Å². The molecule has 0 saturated heterocycles. The Morgan fingerprint density at radius 3 is 2.00 bits per heavy atom. The highest BCUT2D eigenvalue weighted by molar-refractivity contribution is 6.05. The minimum atomic E-state index is -1.25. The lowest BCUT2D eigenvalue weighted by molar-refractivity contribution is -0.126. The molecule has 2 aromatic rings. The number of hydrogen-bond donors (Lipinski definition) is 4. The highest BCUT2D eigenvalue weighted by Gasteiger charge is 2.16. The van der Waals surface area contributed by atoms with E-state index in [9.17, 15) is 19.2 Å². The molecule has 0 heterocycles. The molecule has 0 fully saturated rings. The summed E-state index contributed by atoms with van der Waals surface area (Å²) in [6, 6.07) is 15.0. The summed E-state index contributed by atoms with van der Waals surface area (Å²) in [7, 11) is 0. The zero-order valence-corrected chi connectivity index (χ0v) is 14.4. The molecule has 0 saturated carbocycles. The predicted octanol–water partition coefficient (Wildman–Crippen LogP) is 1.24. The normalized spacial score (nSPS) is 9.93. The maximum Gasteiger partial charge on any atom is 0.336 e. The number of carboxylic acid groups (broad SMARTS) is 1. The van der Waals surface area contributed by atoms with E-state index in [-0.39, 0.29) is 29.9 Å². The zero-order chi connectivity index (χ0) is 19.6. The van der Waals surface area contributed by atoms with E-state index in [4.69, 9.17) is 5.11 Å². The minimum Gasteiger partial charge on any atom is -0.478 e. The van der Waals surface area contributed by atoms with Crippen molar-refractivity contribution >= 4 is 23.7 Å². The van der Waals surface area contributed by atoms with Crippen molar-refractivity contribution in [2.75, 3.05) is 0 Å². The van der Waals surface area contributed by atoms with E-state index in [0.29, 0.717) is 6.54 Å². The molecule has 0 aromatic heterocycles. The first kappa shape index (κ1) is 19.6. The Bertz CT molecular complexity index is 836. The maximum atomic E-state index is 12.0. The first-order valence-corrected chi connectivity index (χ1v) is 8.19. The number of carbonyl (C=O) groups is 4. The number of hydrazine groups is 1. The Labute approximate surface area is 155 Å². The van der Waals surface area contributed by atoms with Crippen molar-refractivity contribution < 1.29 is 24.3 Å². The summed E-state index contributed by atoms with van der Waals surface area (Å²) in [4.78, 5) is 46.6. The molecule has 0 aliphatic carbocycles. The molecule has 8 heteroatoms. The largest absolute Gasteiger partial charge is 0.478 e. The van der Waals surface area contributed by atoms with E-state index in [2.05, 4.69) is 16.2 Å². The molecule has 0 atom stereocenters. The molecule has 2 rings (SSSR count). The fourth-order valence-corrected chi connectivity index (χ4v) is 2.24. The first-order chi connectivity index (χ1) is 13.0. The number of benzene rings is 2. The molecular weight excluding hydrogens is 350 g/mol. The van der Waals surface area contributed by atoms with Gasteiger partial charge in [-0.15, -0.1) is 0 Å². The second kappa shape index (κ2) is 9.71. The highest BCUT2D eigenvalue weighted by atomic mass is 16.4. The van der Waals surface area contributed by atoms with E-state index in [1.165, 1.54) is 24.3 Å². The van der Waals surface area contributed by atoms with Crippen molar-refractivity contribution in [2.24, 2.45) is 0 Å². The van der Waals surface area contributed by atoms with Crippen LogP contribution in [0.1, 0.15) is 39.1 Å². The van der Waals surface area contributed by atoms with Crippen LogP contribution >= 0.6 is 0 Å². The van der Waals surface area contributed by atoms with Crippen LogP contribution in [0.15, 0.2) is 54.6 Å². The van der Waals surface area contributed by atoms with Crippen molar-refractivity contribution in [3.8, 4) is 0 Å². The second-order valence-electron chi connectivity index (χ2n) is 5.62. The molecule has 0 radical (unpaired) electrons. The Hall–Kier alpha value is -3.68. The number of rotatable bonds is 7. The van der Waals surface area contributed by atoms with Crippen molar-refractivity contribution in [3.05, 3.63) is 71.3 Å². The molecule has 3 amide bonds. The summed E-state index contributed by atoms with van der Waals surface area (Å²) in [5.74, 6) is -2.86. The Kier molecular flexibility index (Phi) is 7.07. The number of nitrogens with one attached hydrogen (secondary N) is 3. The van der Waals surface area contributed by atoms with Crippen molar-refractivity contribution in [1.82, 2.24) is 16.2 Å². The lowest BCUT2D eigenvalue weighted by atomic mass is 10.1. The van der Waals surface area contributed by atoms with Gasteiger partial charge in [-0.2, -0.15) is 0 Å². The van der Waals surface area contributed by atoms with Crippen molar-refractivity contribution in [2.45, 2.75) is 19.4 Å². The van der Waals surface area contributed by atoms with Crippen LogP contribution in [-0.4, -0.2) is 28.8 Å². The van der Waals surface area contributed by atoms with Crippen molar-refractivity contribution in [1.29, 1.82) is 0 Å². The molecule has 0 aliphatic rings. The van der Waals surface area contributed by atoms with E-state index >= 15 is 0 Å². The number of carbonyl (C=O) groups excluding carboxylic acids is 3. The Morgan fingerprint density at radius 1 is 0.741 bits per heavy atom. The van der Waals surface area contributed by atoms with Gasteiger partial charge < -0.3 is 10.4 Å². The molecule has 0 bridgehead atoms. The second-order valence-corrected chi connectivity index (χ2v) is 5.62. The molecule has 27 heavy (non-hydrogen) atoms. The molecule has 0 spiro atoms. The van der Waals surface area contributed by atoms with Crippen LogP contribution in [0, 0.1) is 0 Å². The van der Waals surface area contributed by atoms with Gasteiger partial charge in [0, 0.05) is 19.4 Å². The summed E-state index contributed by atoms with van der Waals surface area (Å²) in [6.07, 6.45) is -0.165. The molecule has 0 unspecified atom stereocenters.